The quantitative estimate of drug-likeness (QED) is 0.285. The number of Topliss-reactive ketones (excluding diaryl/α,β-unsaturated/α-hetero) is 1. The standard InChI is InChI=1S/C29H29NO5S/c1-19-5-3-6-21-22(16-36-28(19)21)23-7-4-8-27(30-23)29(17-34-18-29)12-11-24(32)20-9-10-25(35-14-13-31)26(15-20)33-2/h3-10,15-16,31H,11-14,17-18H2,1-2H3. The normalized spacial score (nSPS) is 14.4. The minimum atomic E-state index is -0.276. The lowest BCUT2D eigenvalue weighted by atomic mass is 9.77. The molecule has 6 nitrogen and oxygen atoms in total. The van der Waals surface area contributed by atoms with E-state index < -0.39 is 0 Å². The third kappa shape index (κ3) is 4.62. The number of thiophene rings is 1. The van der Waals surface area contributed by atoms with Gasteiger partial charge in [0.25, 0.3) is 0 Å². The number of nitrogens with zero attached hydrogens (tertiary/aromatic N) is 1. The molecule has 0 radical (unpaired) electrons. The van der Waals surface area contributed by atoms with Gasteiger partial charge >= 0.3 is 0 Å². The van der Waals surface area contributed by atoms with E-state index in [4.69, 9.17) is 24.3 Å². The lowest BCUT2D eigenvalue weighted by molar-refractivity contribution is -0.0662. The van der Waals surface area contributed by atoms with E-state index in [-0.39, 0.29) is 24.4 Å². The van der Waals surface area contributed by atoms with Crippen molar-refractivity contribution < 1.29 is 24.1 Å². The van der Waals surface area contributed by atoms with Crippen molar-refractivity contribution >= 4 is 27.2 Å². The molecule has 1 fully saturated rings. The molecule has 0 unspecified atom stereocenters. The number of ketones is 1. The monoisotopic (exact) mass is 503 g/mol. The van der Waals surface area contributed by atoms with Crippen LogP contribution in [-0.2, 0) is 10.2 Å². The molecule has 1 aliphatic heterocycles. The van der Waals surface area contributed by atoms with Crippen LogP contribution in [0.3, 0.4) is 0 Å². The maximum Gasteiger partial charge on any atom is 0.163 e. The van der Waals surface area contributed by atoms with E-state index in [0.717, 1.165) is 17.0 Å². The number of methoxy groups -OCH3 is 1. The predicted molar refractivity (Wildman–Crippen MR) is 141 cm³/mol. The summed E-state index contributed by atoms with van der Waals surface area (Å²) in [5, 5.41) is 12.4. The molecular formula is C29H29NO5S. The van der Waals surface area contributed by atoms with Gasteiger partial charge in [-0.1, -0.05) is 24.3 Å². The van der Waals surface area contributed by atoms with Crippen molar-refractivity contribution in [1.29, 1.82) is 0 Å². The van der Waals surface area contributed by atoms with Crippen molar-refractivity contribution in [2.45, 2.75) is 25.2 Å². The van der Waals surface area contributed by atoms with Gasteiger partial charge in [0.05, 0.1) is 43.7 Å². The number of aryl methyl sites for hydroxylation is 1. The molecular weight excluding hydrogens is 474 g/mol. The molecule has 7 heteroatoms. The summed E-state index contributed by atoms with van der Waals surface area (Å²) in [4.78, 5) is 18.2. The molecule has 0 amide bonds. The fraction of sp³-hybridized carbons (Fsp3) is 0.310. The highest BCUT2D eigenvalue weighted by molar-refractivity contribution is 7.18. The number of aliphatic hydroxyl groups excluding tert-OH is 1. The average molecular weight is 504 g/mol. The molecule has 0 saturated carbocycles. The molecule has 4 aromatic rings. The van der Waals surface area contributed by atoms with E-state index in [2.05, 4.69) is 42.6 Å². The van der Waals surface area contributed by atoms with Crippen LogP contribution in [0.2, 0.25) is 0 Å². The smallest absolute Gasteiger partial charge is 0.163 e. The topological polar surface area (TPSA) is 77.9 Å². The highest BCUT2D eigenvalue weighted by atomic mass is 32.1. The van der Waals surface area contributed by atoms with Gasteiger partial charge in [-0.3, -0.25) is 9.78 Å². The van der Waals surface area contributed by atoms with Crippen molar-refractivity contribution in [3.05, 3.63) is 76.8 Å². The summed E-state index contributed by atoms with van der Waals surface area (Å²) in [6, 6.07) is 17.7. The maximum atomic E-state index is 13.1. The third-order valence-corrected chi connectivity index (χ3v) is 7.92. The van der Waals surface area contributed by atoms with Crippen molar-refractivity contribution in [1.82, 2.24) is 4.98 Å². The number of fused-ring (bicyclic) bond motifs is 1. The highest BCUT2D eigenvalue weighted by Gasteiger charge is 2.42. The molecule has 1 saturated heterocycles. The van der Waals surface area contributed by atoms with Gasteiger partial charge in [-0.05, 0) is 49.2 Å². The Kier molecular flexibility index (Phi) is 7.05. The Morgan fingerprint density at radius 3 is 2.72 bits per heavy atom. The van der Waals surface area contributed by atoms with E-state index in [9.17, 15) is 4.79 Å². The molecule has 1 aliphatic rings. The number of carbonyl (C=O) groups is 1. The van der Waals surface area contributed by atoms with Crippen LogP contribution in [0, 0.1) is 6.92 Å². The Hall–Kier alpha value is -3.26. The van der Waals surface area contributed by atoms with Gasteiger partial charge < -0.3 is 19.3 Å². The van der Waals surface area contributed by atoms with E-state index >= 15 is 0 Å². The van der Waals surface area contributed by atoms with Gasteiger partial charge in [-0.25, -0.2) is 0 Å². The van der Waals surface area contributed by atoms with E-state index in [1.807, 2.05) is 6.07 Å². The van der Waals surface area contributed by atoms with Crippen LogP contribution in [0.15, 0.2) is 60.0 Å². The van der Waals surface area contributed by atoms with Crippen LogP contribution in [0.4, 0.5) is 0 Å². The lowest BCUT2D eigenvalue weighted by Gasteiger charge is -2.41. The fourth-order valence-electron chi connectivity index (χ4n) is 4.66. The van der Waals surface area contributed by atoms with Gasteiger partial charge in [0, 0.05) is 33.0 Å². The molecule has 5 rings (SSSR count). The number of hydrogen-bond acceptors (Lipinski definition) is 7. The van der Waals surface area contributed by atoms with E-state index in [1.165, 1.54) is 22.8 Å². The Morgan fingerprint density at radius 1 is 1.14 bits per heavy atom. The molecule has 0 aliphatic carbocycles. The fourth-order valence-corrected chi connectivity index (χ4v) is 5.70. The van der Waals surface area contributed by atoms with Crippen LogP contribution in [-0.4, -0.2) is 49.4 Å². The molecule has 0 bridgehead atoms. The second-order valence-electron chi connectivity index (χ2n) is 9.14. The molecule has 2 aromatic carbocycles. The predicted octanol–water partition coefficient (Wildman–Crippen LogP) is 5.58. The van der Waals surface area contributed by atoms with Crippen molar-refractivity contribution in [2.75, 3.05) is 33.5 Å². The van der Waals surface area contributed by atoms with Crippen LogP contribution >= 0.6 is 11.3 Å². The zero-order valence-electron chi connectivity index (χ0n) is 20.5. The molecule has 2 aromatic heterocycles. The van der Waals surface area contributed by atoms with Gasteiger partial charge in [-0.2, -0.15) is 0 Å². The van der Waals surface area contributed by atoms with Crippen molar-refractivity contribution in [2.24, 2.45) is 0 Å². The molecule has 1 N–H and O–H groups in total. The minimum Gasteiger partial charge on any atom is -0.493 e. The maximum absolute atomic E-state index is 13.1. The number of pyridine rings is 1. The van der Waals surface area contributed by atoms with Gasteiger partial charge in [0.15, 0.2) is 17.3 Å². The Bertz CT molecular complexity index is 1390. The Labute approximate surface area is 214 Å². The summed E-state index contributed by atoms with van der Waals surface area (Å²) in [6.45, 7) is 3.31. The first-order valence-corrected chi connectivity index (χ1v) is 12.9. The lowest BCUT2D eigenvalue weighted by Crippen LogP contribution is -2.47. The minimum absolute atomic E-state index is 0.0312. The van der Waals surface area contributed by atoms with E-state index in [1.54, 1.807) is 29.5 Å². The highest BCUT2D eigenvalue weighted by Crippen LogP contribution is 2.39. The van der Waals surface area contributed by atoms with Gasteiger partial charge in [0.1, 0.15) is 6.61 Å². The number of aromatic nitrogens is 1. The van der Waals surface area contributed by atoms with Crippen LogP contribution in [0.1, 0.15) is 34.5 Å². The van der Waals surface area contributed by atoms with Gasteiger partial charge in [0.2, 0.25) is 0 Å². The summed E-state index contributed by atoms with van der Waals surface area (Å²) in [5.41, 5.74) is 4.62. The molecule has 36 heavy (non-hydrogen) atoms. The van der Waals surface area contributed by atoms with E-state index in [0.29, 0.717) is 43.1 Å². The number of aliphatic hydroxyl groups is 1. The molecule has 186 valence electrons. The zero-order valence-corrected chi connectivity index (χ0v) is 21.3. The Balaban J connectivity index is 1.35. The largest absolute Gasteiger partial charge is 0.493 e. The second-order valence-corrected chi connectivity index (χ2v) is 10.0. The number of carbonyl (C=O) groups excluding carboxylic acids is 1. The number of benzene rings is 2. The first-order valence-electron chi connectivity index (χ1n) is 12.0. The second kappa shape index (κ2) is 10.4. The molecule has 0 atom stereocenters. The molecule has 0 spiro atoms. The van der Waals surface area contributed by atoms with Crippen LogP contribution in [0.25, 0.3) is 21.3 Å². The van der Waals surface area contributed by atoms with Crippen LogP contribution < -0.4 is 9.47 Å². The van der Waals surface area contributed by atoms with Gasteiger partial charge in [-0.15, -0.1) is 11.3 Å². The van der Waals surface area contributed by atoms with Crippen LogP contribution in [0.5, 0.6) is 11.5 Å². The first-order chi connectivity index (χ1) is 17.5. The summed E-state index contributed by atoms with van der Waals surface area (Å²) in [7, 11) is 1.53. The number of rotatable bonds is 10. The third-order valence-electron chi connectivity index (χ3n) is 6.79. The number of hydrogen-bond donors (Lipinski definition) is 1. The van der Waals surface area contributed by atoms with Crippen molar-refractivity contribution in [3.63, 3.8) is 0 Å². The SMILES string of the molecule is COc1cc(C(=O)CCC2(c3cccc(-c4csc5c(C)cccc45)n3)COC2)ccc1OCCO. The summed E-state index contributed by atoms with van der Waals surface area (Å²) in [5.74, 6) is 1.01. The first kappa shape index (κ1) is 24.4. The Morgan fingerprint density at radius 2 is 1.97 bits per heavy atom. The molecule has 3 heterocycles. The summed E-state index contributed by atoms with van der Waals surface area (Å²) >= 11 is 1.75. The summed E-state index contributed by atoms with van der Waals surface area (Å²) in [6.07, 6.45) is 1.02. The zero-order chi connectivity index (χ0) is 25.1. The number of ether oxygens (including phenoxy) is 3. The summed E-state index contributed by atoms with van der Waals surface area (Å²) < 4.78 is 17.8. The average Bonchev–Trinajstić information content (AvgIpc) is 3.32. The van der Waals surface area contributed by atoms with Crippen molar-refractivity contribution in [3.8, 4) is 22.8 Å².